The normalized spacial score (nSPS) is 11.9. The van der Waals surface area contributed by atoms with Gasteiger partial charge in [-0.15, -0.1) is 0 Å². The molecule has 0 unspecified atom stereocenters. The third-order valence-corrected chi connectivity index (χ3v) is 3.79. The van der Waals surface area contributed by atoms with Crippen LogP contribution in [0.2, 0.25) is 0 Å². The Kier molecular flexibility index (Phi) is 9.93. The van der Waals surface area contributed by atoms with Gasteiger partial charge in [-0.1, -0.05) is 6.08 Å². The zero-order chi connectivity index (χ0) is 13.9. The number of esters is 1. The van der Waals surface area contributed by atoms with Crippen LogP contribution in [0.25, 0.3) is 0 Å². The summed E-state index contributed by atoms with van der Waals surface area (Å²) in [5.41, 5.74) is 0. The van der Waals surface area contributed by atoms with E-state index in [1.54, 1.807) is 19.9 Å². The Bertz CT molecular complexity index is 291. The van der Waals surface area contributed by atoms with Gasteiger partial charge in [0.15, 0.2) is 0 Å². The van der Waals surface area contributed by atoms with Gasteiger partial charge in [0.25, 0.3) is 0 Å². The maximum atomic E-state index is 12.0. The maximum Gasteiger partial charge on any atom is 0.353 e. The molecule has 0 rings (SSSR count). The molecule has 0 atom stereocenters. The van der Waals surface area contributed by atoms with Gasteiger partial charge in [-0.25, -0.2) is 0 Å². The van der Waals surface area contributed by atoms with Crippen molar-refractivity contribution in [3.8, 4) is 0 Å². The quantitative estimate of drug-likeness (QED) is 0.347. The largest absolute Gasteiger partial charge is 0.466 e. The van der Waals surface area contributed by atoms with Crippen LogP contribution < -0.4 is 0 Å². The van der Waals surface area contributed by atoms with E-state index in [2.05, 4.69) is 0 Å². The molecule has 6 heteroatoms. The van der Waals surface area contributed by atoms with Crippen molar-refractivity contribution >= 4 is 13.6 Å². The highest BCUT2D eigenvalue weighted by molar-refractivity contribution is 7.57. The van der Waals surface area contributed by atoms with Gasteiger partial charge < -0.3 is 13.8 Å². The van der Waals surface area contributed by atoms with E-state index in [4.69, 9.17) is 13.8 Å². The van der Waals surface area contributed by atoms with E-state index in [1.807, 2.05) is 0 Å². The molecular formula is C12H23O5P. The maximum absolute atomic E-state index is 12.0. The van der Waals surface area contributed by atoms with Crippen molar-refractivity contribution in [1.29, 1.82) is 0 Å². The lowest BCUT2D eigenvalue weighted by atomic mass is 10.2. The predicted octanol–water partition coefficient (Wildman–Crippen LogP) is 3.50. The third kappa shape index (κ3) is 9.40. The minimum Gasteiger partial charge on any atom is -0.466 e. The lowest BCUT2D eigenvalue weighted by Gasteiger charge is -2.12. The molecule has 0 N–H and O–H groups in total. The van der Waals surface area contributed by atoms with Crippen molar-refractivity contribution in [1.82, 2.24) is 0 Å². The van der Waals surface area contributed by atoms with Crippen LogP contribution in [0.1, 0.15) is 40.0 Å². The Balaban J connectivity index is 3.83. The molecule has 0 aromatic rings. The van der Waals surface area contributed by atoms with Crippen LogP contribution in [0.4, 0.5) is 0 Å². The Morgan fingerprint density at radius 3 is 2.28 bits per heavy atom. The fraction of sp³-hybridized carbons (Fsp3) is 0.750. The lowest BCUT2D eigenvalue weighted by molar-refractivity contribution is -0.141. The van der Waals surface area contributed by atoms with Crippen molar-refractivity contribution < 1.29 is 23.1 Å². The molecule has 0 aliphatic carbocycles. The van der Waals surface area contributed by atoms with Crippen molar-refractivity contribution in [3.05, 3.63) is 11.9 Å². The SMILES string of the molecule is CCOP(=O)(/C=C/CCCCOC(C)=O)OCC. The fourth-order valence-electron chi connectivity index (χ4n) is 1.27. The summed E-state index contributed by atoms with van der Waals surface area (Å²) in [4.78, 5) is 10.5. The highest BCUT2D eigenvalue weighted by Crippen LogP contribution is 2.49. The number of rotatable bonds is 10. The van der Waals surface area contributed by atoms with Crippen LogP contribution in [0.3, 0.4) is 0 Å². The first-order chi connectivity index (χ1) is 8.54. The van der Waals surface area contributed by atoms with Crippen molar-refractivity contribution in [3.63, 3.8) is 0 Å². The van der Waals surface area contributed by atoms with E-state index in [9.17, 15) is 9.36 Å². The van der Waals surface area contributed by atoms with Crippen LogP contribution in [-0.2, 0) is 23.1 Å². The zero-order valence-corrected chi connectivity index (χ0v) is 12.3. The summed E-state index contributed by atoms with van der Waals surface area (Å²) in [6, 6.07) is 0. The summed E-state index contributed by atoms with van der Waals surface area (Å²) in [5.74, 6) is 1.24. The first-order valence-electron chi connectivity index (χ1n) is 6.24. The fourth-order valence-corrected chi connectivity index (χ4v) is 2.64. The second kappa shape index (κ2) is 10.3. The molecule has 0 aromatic carbocycles. The van der Waals surface area contributed by atoms with Crippen LogP contribution in [0.5, 0.6) is 0 Å². The van der Waals surface area contributed by atoms with Gasteiger partial charge >= 0.3 is 13.6 Å². The van der Waals surface area contributed by atoms with Crippen LogP contribution >= 0.6 is 7.60 Å². The highest BCUT2D eigenvalue weighted by Gasteiger charge is 2.18. The molecule has 0 aliphatic heterocycles. The number of allylic oxidation sites excluding steroid dienone is 1. The Labute approximate surface area is 109 Å². The summed E-state index contributed by atoms with van der Waals surface area (Å²) < 4.78 is 27.0. The Morgan fingerprint density at radius 1 is 1.17 bits per heavy atom. The third-order valence-electron chi connectivity index (χ3n) is 1.98. The first-order valence-corrected chi connectivity index (χ1v) is 7.85. The molecule has 0 saturated carbocycles. The molecule has 106 valence electrons. The van der Waals surface area contributed by atoms with Crippen molar-refractivity contribution in [2.45, 2.75) is 40.0 Å². The highest BCUT2D eigenvalue weighted by atomic mass is 31.2. The molecule has 0 radical (unpaired) electrons. The smallest absolute Gasteiger partial charge is 0.353 e. The van der Waals surface area contributed by atoms with Crippen molar-refractivity contribution in [2.75, 3.05) is 19.8 Å². The van der Waals surface area contributed by atoms with E-state index < -0.39 is 7.60 Å². The van der Waals surface area contributed by atoms with E-state index in [0.29, 0.717) is 19.8 Å². The summed E-state index contributed by atoms with van der Waals surface area (Å²) in [7, 11) is -3.06. The summed E-state index contributed by atoms with van der Waals surface area (Å²) in [6.45, 7) is 6.08. The molecule has 0 aliphatic rings. The topological polar surface area (TPSA) is 61.8 Å². The van der Waals surface area contributed by atoms with Crippen LogP contribution in [0, 0.1) is 0 Å². The molecule has 0 fully saturated rings. The van der Waals surface area contributed by atoms with Crippen LogP contribution in [0.15, 0.2) is 11.9 Å². The average molecular weight is 278 g/mol. The average Bonchev–Trinajstić information content (AvgIpc) is 2.28. The second-order valence-electron chi connectivity index (χ2n) is 3.60. The molecule has 0 aromatic heterocycles. The molecule has 0 spiro atoms. The summed E-state index contributed by atoms with van der Waals surface area (Å²) in [6.07, 6.45) is 4.20. The van der Waals surface area contributed by atoms with Gasteiger partial charge in [0.2, 0.25) is 0 Å². The molecule has 0 saturated heterocycles. The van der Waals surface area contributed by atoms with Gasteiger partial charge in [0.1, 0.15) is 0 Å². The van der Waals surface area contributed by atoms with Gasteiger partial charge in [-0.2, -0.15) is 0 Å². The number of ether oxygens (including phenoxy) is 1. The number of carbonyl (C=O) groups is 1. The van der Waals surface area contributed by atoms with Gasteiger partial charge in [0.05, 0.1) is 19.8 Å². The van der Waals surface area contributed by atoms with Gasteiger partial charge in [-0.05, 0) is 33.1 Å². The molecule has 0 amide bonds. The predicted molar refractivity (Wildman–Crippen MR) is 70.5 cm³/mol. The Morgan fingerprint density at radius 2 is 1.78 bits per heavy atom. The molecule has 0 bridgehead atoms. The van der Waals surface area contributed by atoms with Crippen LogP contribution in [-0.4, -0.2) is 25.8 Å². The zero-order valence-electron chi connectivity index (χ0n) is 11.4. The van der Waals surface area contributed by atoms with Crippen molar-refractivity contribution in [2.24, 2.45) is 0 Å². The lowest BCUT2D eigenvalue weighted by Crippen LogP contribution is -1.99. The second-order valence-corrected chi connectivity index (χ2v) is 5.49. The van der Waals surface area contributed by atoms with E-state index in [-0.39, 0.29) is 5.97 Å². The minimum atomic E-state index is -3.06. The number of hydrogen-bond acceptors (Lipinski definition) is 5. The summed E-state index contributed by atoms with van der Waals surface area (Å²) in [5, 5.41) is 0. The van der Waals surface area contributed by atoms with E-state index in [0.717, 1.165) is 19.3 Å². The molecular weight excluding hydrogens is 255 g/mol. The van der Waals surface area contributed by atoms with Gasteiger partial charge in [0, 0.05) is 12.7 Å². The summed E-state index contributed by atoms with van der Waals surface area (Å²) >= 11 is 0. The standard InChI is InChI=1S/C12H23O5P/c1-4-16-18(14,17-5-2)11-9-7-6-8-10-15-12(3)13/h9,11H,4-8,10H2,1-3H3/b11-9+. The molecule has 0 heterocycles. The minimum absolute atomic E-state index is 0.261. The molecule has 18 heavy (non-hydrogen) atoms. The van der Waals surface area contributed by atoms with Gasteiger partial charge in [-0.3, -0.25) is 9.36 Å². The number of hydrogen-bond donors (Lipinski definition) is 0. The Hall–Kier alpha value is -0.640. The first kappa shape index (κ1) is 17.4. The monoisotopic (exact) mass is 278 g/mol. The molecule has 5 nitrogen and oxygen atoms in total. The van der Waals surface area contributed by atoms with E-state index >= 15 is 0 Å². The number of unbranched alkanes of at least 4 members (excludes halogenated alkanes) is 2. The number of carbonyl (C=O) groups excluding carboxylic acids is 1. The van der Waals surface area contributed by atoms with E-state index in [1.165, 1.54) is 12.7 Å².